The van der Waals surface area contributed by atoms with Crippen LogP contribution in [-0.4, -0.2) is 43.3 Å². The van der Waals surface area contributed by atoms with Crippen molar-refractivity contribution in [3.63, 3.8) is 0 Å². The summed E-state index contributed by atoms with van der Waals surface area (Å²) >= 11 is 0. The third-order valence-electron chi connectivity index (χ3n) is 4.77. The van der Waals surface area contributed by atoms with Gasteiger partial charge in [0, 0.05) is 6.54 Å². The average Bonchev–Trinajstić information content (AvgIpc) is 2.62. The number of rotatable bonds is 5. The van der Waals surface area contributed by atoms with Gasteiger partial charge in [0.25, 0.3) is 0 Å². The first kappa shape index (κ1) is 20.7. The Balaban J connectivity index is 0.00000243. The molecule has 3 rings (SSSR count). The number of likely N-dealkylation sites (tertiary alicyclic amines) is 1. The van der Waals surface area contributed by atoms with E-state index in [0.717, 1.165) is 31.6 Å². The van der Waals surface area contributed by atoms with Crippen molar-refractivity contribution in [2.45, 2.75) is 29.4 Å². The molecule has 26 heavy (non-hydrogen) atoms. The van der Waals surface area contributed by atoms with Gasteiger partial charge in [-0.2, -0.15) is 0 Å². The van der Waals surface area contributed by atoms with Crippen molar-refractivity contribution in [2.24, 2.45) is 0 Å². The van der Waals surface area contributed by atoms with Gasteiger partial charge in [0.1, 0.15) is 11.6 Å². The Hall–Kier alpha value is -1.63. The zero-order valence-corrected chi connectivity index (χ0v) is 16.0. The lowest BCUT2D eigenvalue weighted by molar-refractivity contribution is 0.232. The molecular formula is C19H23ClFNO3S. The zero-order chi connectivity index (χ0) is 17.9. The van der Waals surface area contributed by atoms with E-state index in [1.165, 1.54) is 36.4 Å². The van der Waals surface area contributed by atoms with Crippen molar-refractivity contribution < 1.29 is 17.9 Å². The lowest BCUT2D eigenvalue weighted by atomic mass is 10.1. The number of sulfone groups is 1. The van der Waals surface area contributed by atoms with E-state index in [2.05, 4.69) is 4.90 Å². The number of piperidine rings is 1. The molecule has 0 unspecified atom stereocenters. The van der Waals surface area contributed by atoms with Gasteiger partial charge < -0.3 is 10.0 Å². The summed E-state index contributed by atoms with van der Waals surface area (Å²) in [4.78, 5) is 2.53. The number of nitrogens with zero attached hydrogens (tertiary/aromatic N) is 1. The molecule has 0 aliphatic carbocycles. The van der Waals surface area contributed by atoms with Crippen LogP contribution in [0, 0.1) is 5.82 Å². The molecule has 0 aromatic heterocycles. The molecule has 1 saturated heterocycles. The monoisotopic (exact) mass is 399 g/mol. The van der Waals surface area contributed by atoms with Gasteiger partial charge in [-0.1, -0.05) is 12.1 Å². The lowest BCUT2D eigenvalue weighted by Crippen LogP contribution is -2.40. The Bertz CT molecular complexity index is 802. The molecule has 0 spiro atoms. The number of hydrogen-bond acceptors (Lipinski definition) is 4. The predicted molar refractivity (Wildman–Crippen MR) is 102 cm³/mol. The summed E-state index contributed by atoms with van der Waals surface area (Å²) in [6.45, 7) is 2.32. The van der Waals surface area contributed by atoms with Crippen LogP contribution in [0.3, 0.4) is 0 Å². The van der Waals surface area contributed by atoms with E-state index in [9.17, 15) is 17.9 Å². The molecule has 1 heterocycles. The third kappa shape index (κ3) is 4.96. The summed E-state index contributed by atoms with van der Waals surface area (Å²) in [7, 11) is -3.35. The minimum Gasteiger partial charge on any atom is -0.508 e. The van der Waals surface area contributed by atoms with Gasteiger partial charge >= 0.3 is 0 Å². The van der Waals surface area contributed by atoms with E-state index in [1.54, 1.807) is 12.1 Å². The molecular weight excluding hydrogens is 377 g/mol. The molecule has 2 aromatic carbocycles. The van der Waals surface area contributed by atoms with Crippen molar-refractivity contribution in [3.05, 3.63) is 59.9 Å². The largest absolute Gasteiger partial charge is 0.508 e. The number of benzene rings is 2. The standard InChI is InChI=1S/C19H22FNO3S.ClH/c20-16-3-1-15(2-4-16)9-12-21-13-10-19(11-14-21)25(23,24)18-7-5-17(22)6-8-18;/h1-8,19,22H,9-14H2;1H. The molecule has 1 fully saturated rings. The topological polar surface area (TPSA) is 57.6 Å². The maximum absolute atomic E-state index is 12.9. The molecule has 7 heteroatoms. The predicted octanol–water partition coefficient (Wildman–Crippen LogP) is 3.43. The Kier molecular flexibility index (Phi) is 7.03. The van der Waals surface area contributed by atoms with Crippen LogP contribution in [0.25, 0.3) is 0 Å². The molecule has 1 aliphatic heterocycles. The van der Waals surface area contributed by atoms with Crippen LogP contribution >= 0.6 is 12.4 Å². The number of phenolic OH excluding ortho intramolecular Hbond substituents is 1. The van der Waals surface area contributed by atoms with E-state index < -0.39 is 9.84 Å². The fraction of sp³-hybridized carbons (Fsp3) is 0.368. The summed E-state index contributed by atoms with van der Waals surface area (Å²) in [5.74, 6) is -0.168. The minimum atomic E-state index is -3.35. The van der Waals surface area contributed by atoms with E-state index >= 15 is 0 Å². The minimum absolute atomic E-state index is 0. The van der Waals surface area contributed by atoms with Crippen molar-refractivity contribution in [3.8, 4) is 5.75 Å². The number of halogens is 2. The molecule has 4 nitrogen and oxygen atoms in total. The van der Waals surface area contributed by atoms with E-state index in [1.807, 2.05) is 0 Å². The van der Waals surface area contributed by atoms with E-state index in [-0.39, 0.29) is 34.1 Å². The normalized spacial score (nSPS) is 16.2. The maximum Gasteiger partial charge on any atom is 0.181 e. The van der Waals surface area contributed by atoms with Crippen LogP contribution in [0.4, 0.5) is 4.39 Å². The summed E-state index contributed by atoms with van der Waals surface area (Å²) in [5, 5.41) is 8.94. The highest BCUT2D eigenvalue weighted by Gasteiger charge is 2.31. The first-order valence-electron chi connectivity index (χ1n) is 8.45. The van der Waals surface area contributed by atoms with Crippen LogP contribution in [0.15, 0.2) is 53.4 Å². The third-order valence-corrected chi connectivity index (χ3v) is 7.05. The smallest absolute Gasteiger partial charge is 0.181 e. The van der Waals surface area contributed by atoms with Gasteiger partial charge in [-0.3, -0.25) is 0 Å². The van der Waals surface area contributed by atoms with Gasteiger partial charge in [0.05, 0.1) is 10.1 Å². The van der Waals surface area contributed by atoms with Crippen molar-refractivity contribution >= 4 is 22.2 Å². The number of phenols is 1. The summed E-state index contributed by atoms with van der Waals surface area (Å²) < 4.78 is 38.3. The quantitative estimate of drug-likeness (QED) is 0.836. The first-order valence-corrected chi connectivity index (χ1v) is 9.99. The Morgan fingerprint density at radius 2 is 1.58 bits per heavy atom. The fourth-order valence-corrected chi connectivity index (χ4v) is 4.94. The second-order valence-corrected chi connectivity index (χ2v) is 8.68. The van der Waals surface area contributed by atoms with Gasteiger partial charge in [-0.05, 0) is 74.3 Å². The van der Waals surface area contributed by atoms with Crippen molar-refractivity contribution in [1.29, 1.82) is 0 Å². The zero-order valence-electron chi connectivity index (χ0n) is 14.3. The van der Waals surface area contributed by atoms with Crippen LogP contribution in [0.5, 0.6) is 5.75 Å². The highest BCUT2D eigenvalue weighted by molar-refractivity contribution is 7.92. The lowest BCUT2D eigenvalue weighted by Gasteiger charge is -2.31. The van der Waals surface area contributed by atoms with Crippen LogP contribution in [0.2, 0.25) is 0 Å². The van der Waals surface area contributed by atoms with Crippen LogP contribution < -0.4 is 0 Å². The van der Waals surface area contributed by atoms with E-state index in [0.29, 0.717) is 12.8 Å². The van der Waals surface area contributed by atoms with Crippen LogP contribution in [-0.2, 0) is 16.3 Å². The number of aromatic hydroxyl groups is 1. The van der Waals surface area contributed by atoms with Gasteiger partial charge in [0.2, 0.25) is 0 Å². The second kappa shape index (κ2) is 8.84. The molecule has 1 N–H and O–H groups in total. The highest BCUT2D eigenvalue weighted by atomic mass is 35.5. The average molecular weight is 400 g/mol. The Morgan fingerprint density at radius 3 is 2.15 bits per heavy atom. The highest BCUT2D eigenvalue weighted by Crippen LogP contribution is 2.26. The molecule has 2 aromatic rings. The maximum atomic E-state index is 12.9. The second-order valence-electron chi connectivity index (χ2n) is 6.46. The Labute approximate surface area is 160 Å². The van der Waals surface area contributed by atoms with E-state index in [4.69, 9.17) is 0 Å². The SMILES string of the molecule is Cl.O=S(=O)(c1ccc(O)cc1)C1CCN(CCc2ccc(F)cc2)CC1. The molecule has 0 saturated carbocycles. The van der Waals surface area contributed by atoms with Gasteiger partial charge in [-0.15, -0.1) is 12.4 Å². The van der Waals surface area contributed by atoms with Gasteiger partial charge in [-0.25, -0.2) is 12.8 Å². The molecule has 0 atom stereocenters. The molecule has 0 amide bonds. The molecule has 0 radical (unpaired) electrons. The summed E-state index contributed by atoms with van der Waals surface area (Å²) in [5.41, 5.74) is 1.08. The molecule has 1 aliphatic rings. The van der Waals surface area contributed by atoms with Gasteiger partial charge in [0.15, 0.2) is 9.84 Å². The van der Waals surface area contributed by atoms with Crippen molar-refractivity contribution in [2.75, 3.05) is 19.6 Å². The molecule has 0 bridgehead atoms. The van der Waals surface area contributed by atoms with Crippen LogP contribution in [0.1, 0.15) is 18.4 Å². The Morgan fingerprint density at radius 1 is 1.00 bits per heavy atom. The number of hydrogen-bond donors (Lipinski definition) is 1. The fourth-order valence-electron chi connectivity index (χ4n) is 3.21. The summed E-state index contributed by atoms with van der Waals surface area (Å²) in [6, 6.07) is 12.2. The first-order chi connectivity index (χ1) is 11.9. The molecule has 142 valence electrons. The van der Waals surface area contributed by atoms with Crippen molar-refractivity contribution in [1.82, 2.24) is 4.90 Å². The summed E-state index contributed by atoms with van der Waals surface area (Å²) in [6.07, 6.45) is 2.04.